The van der Waals surface area contributed by atoms with Gasteiger partial charge < -0.3 is 20.5 Å². The summed E-state index contributed by atoms with van der Waals surface area (Å²) >= 11 is 0. The first-order valence-corrected chi connectivity index (χ1v) is 7.07. The first-order valence-electron chi connectivity index (χ1n) is 7.07. The molecule has 3 N–H and O–H groups in total. The SMILES string of the molecule is CC1CCC(CNc2ccc(C(=O)NCCO)cc2)O1. The van der Waals surface area contributed by atoms with Crippen LogP contribution < -0.4 is 10.6 Å². The fourth-order valence-corrected chi connectivity index (χ4v) is 2.28. The molecule has 0 spiro atoms. The second kappa shape index (κ2) is 7.26. The van der Waals surface area contributed by atoms with Crippen LogP contribution in [0.3, 0.4) is 0 Å². The summed E-state index contributed by atoms with van der Waals surface area (Å²) in [6.07, 6.45) is 2.85. The van der Waals surface area contributed by atoms with Crippen molar-refractivity contribution in [3.05, 3.63) is 29.8 Å². The molecule has 2 atom stereocenters. The van der Waals surface area contributed by atoms with Crippen molar-refractivity contribution in [2.24, 2.45) is 0 Å². The van der Waals surface area contributed by atoms with Crippen LogP contribution in [0.15, 0.2) is 24.3 Å². The molecule has 5 heteroatoms. The number of amides is 1. The van der Waals surface area contributed by atoms with Gasteiger partial charge in [-0.3, -0.25) is 4.79 Å². The number of benzene rings is 1. The monoisotopic (exact) mass is 278 g/mol. The second-order valence-corrected chi connectivity index (χ2v) is 5.08. The van der Waals surface area contributed by atoms with Gasteiger partial charge in [-0.15, -0.1) is 0 Å². The van der Waals surface area contributed by atoms with E-state index in [-0.39, 0.29) is 25.2 Å². The van der Waals surface area contributed by atoms with Gasteiger partial charge >= 0.3 is 0 Å². The molecule has 1 amide bonds. The lowest BCUT2D eigenvalue weighted by Crippen LogP contribution is -2.26. The Hall–Kier alpha value is -1.59. The van der Waals surface area contributed by atoms with Crippen LogP contribution >= 0.6 is 0 Å². The van der Waals surface area contributed by atoms with Crippen molar-refractivity contribution >= 4 is 11.6 Å². The quantitative estimate of drug-likeness (QED) is 0.735. The van der Waals surface area contributed by atoms with Crippen LogP contribution in [0.2, 0.25) is 0 Å². The lowest BCUT2D eigenvalue weighted by molar-refractivity contribution is 0.0637. The maximum Gasteiger partial charge on any atom is 0.251 e. The third kappa shape index (κ3) is 4.21. The van der Waals surface area contributed by atoms with E-state index in [1.54, 1.807) is 12.1 Å². The van der Waals surface area contributed by atoms with Crippen LogP contribution in [0, 0.1) is 0 Å². The number of carbonyl (C=O) groups is 1. The number of hydrogen-bond donors (Lipinski definition) is 3. The van der Waals surface area contributed by atoms with Crippen molar-refractivity contribution in [3.63, 3.8) is 0 Å². The molecule has 2 rings (SSSR count). The molecule has 1 heterocycles. The summed E-state index contributed by atoms with van der Waals surface area (Å²) in [4.78, 5) is 11.7. The molecule has 1 aliphatic rings. The third-order valence-corrected chi connectivity index (χ3v) is 3.40. The Kier molecular flexibility index (Phi) is 5.38. The first-order chi connectivity index (χ1) is 9.69. The number of hydrogen-bond acceptors (Lipinski definition) is 4. The molecule has 1 saturated heterocycles. The van der Waals surface area contributed by atoms with Crippen LogP contribution in [0.25, 0.3) is 0 Å². The van der Waals surface area contributed by atoms with E-state index in [0.717, 1.165) is 25.1 Å². The zero-order valence-corrected chi connectivity index (χ0v) is 11.8. The van der Waals surface area contributed by atoms with E-state index >= 15 is 0 Å². The van der Waals surface area contributed by atoms with Crippen molar-refractivity contribution in [1.82, 2.24) is 5.32 Å². The molecular weight excluding hydrogens is 256 g/mol. The second-order valence-electron chi connectivity index (χ2n) is 5.08. The summed E-state index contributed by atoms with van der Waals surface area (Å²) in [7, 11) is 0. The number of carbonyl (C=O) groups excluding carboxylic acids is 1. The van der Waals surface area contributed by atoms with Crippen molar-refractivity contribution in [2.45, 2.75) is 32.0 Å². The number of aliphatic hydroxyl groups excluding tert-OH is 1. The fourth-order valence-electron chi connectivity index (χ4n) is 2.28. The molecule has 0 radical (unpaired) electrons. The molecule has 1 aromatic carbocycles. The molecule has 110 valence electrons. The lowest BCUT2D eigenvalue weighted by Gasteiger charge is -2.13. The minimum absolute atomic E-state index is 0.0504. The summed E-state index contributed by atoms with van der Waals surface area (Å²) in [5.74, 6) is -0.168. The summed E-state index contributed by atoms with van der Waals surface area (Å²) in [6, 6.07) is 7.30. The number of nitrogens with one attached hydrogen (secondary N) is 2. The van der Waals surface area contributed by atoms with Gasteiger partial charge in [-0.1, -0.05) is 0 Å². The van der Waals surface area contributed by atoms with Crippen molar-refractivity contribution in [1.29, 1.82) is 0 Å². The molecule has 5 nitrogen and oxygen atoms in total. The third-order valence-electron chi connectivity index (χ3n) is 3.40. The highest BCUT2D eigenvalue weighted by Gasteiger charge is 2.21. The molecule has 0 bridgehead atoms. The van der Waals surface area contributed by atoms with Crippen LogP contribution in [-0.2, 0) is 4.74 Å². The summed E-state index contributed by atoms with van der Waals surface area (Å²) in [6.45, 7) is 3.11. The predicted molar refractivity (Wildman–Crippen MR) is 77.9 cm³/mol. The zero-order valence-electron chi connectivity index (χ0n) is 11.8. The minimum atomic E-state index is -0.168. The van der Waals surface area contributed by atoms with Crippen LogP contribution in [0.5, 0.6) is 0 Å². The van der Waals surface area contributed by atoms with Gasteiger partial charge in [0, 0.05) is 24.3 Å². The fraction of sp³-hybridized carbons (Fsp3) is 0.533. The van der Waals surface area contributed by atoms with Gasteiger partial charge in [0.15, 0.2) is 0 Å². The molecule has 20 heavy (non-hydrogen) atoms. The molecule has 2 unspecified atom stereocenters. The molecule has 1 aliphatic heterocycles. The van der Waals surface area contributed by atoms with E-state index in [0.29, 0.717) is 11.7 Å². The van der Waals surface area contributed by atoms with E-state index in [1.165, 1.54) is 0 Å². The number of ether oxygens (including phenoxy) is 1. The Morgan fingerprint density at radius 2 is 2.10 bits per heavy atom. The Morgan fingerprint density at radius 1 is 1.35 bits per heavy atom. The highest BCUT2D eigenvalue weighted by atomic mass is 16.5. The van der Waals surface area contributed by atoms with Crippen molar-refractivity contribution < 1.29 is 14.6 Å². The predicted octanol–water partition coefficient (Wildman–Crippen LogP) is 1.39. The van der Waals surface area contributed by atoms with E-state index in [1.807, 2.05) is 12.1 Å². The molecule has 0 aromatic heterocycles. The van der Waals surface area contributed by atoms with Crippen molar-refractivity contribution in [2.75, 3.05) is 25.0 Å². The number of anilines is 1. The molecule has 1 fully saturated rings. The van der Waals surface area contributed by atoms with E-state index < -0.39 is 0 Å². The average Bonchev–Trinajstić information content (AvgIpc) is 2.89. The molecule has 0 saturated carbocycles. The Bertz CT molecular complexity index is 433. The normalized spacial score (nSPS) is 21.7. The zero-order chi connectivity index (χ0) is 14.4. The van der Waals surface area contributed by atoms with E-state index in [9.17, 15) is 4.79 Å². The first kappa shape index (κ1) is 14.8. The van der Waals surface area contributed by atoms with Crippen LogP contribution in [0.4, 0.5) is 5.69 Å². The number of rotatable bonds is 6. The van der Waals surface area contributed by atoms with Gasteiger partial charge in [0.25, 0.3) is 5.91 Å². The number of aliphatic hydroxyl groups is 1. The minimum Gasteiger partial charge on any atom is -0.395 e. The van der Waals surface area contributed by atoms with Gasteiger partial charge in [0.2, 0.25) is 0 Å². The Labute approximate surface area is 119 Å². The summed E-state index contributed by atoms with van der Waals surface area (Å²) < 4.78 is 5.74. The van der Waals surface area contributed by atoms with Crippen LogP contribution in [-0.4, -0.2) is 42.9 Å². The van der Waals surface area contributed by atoms with Gasteiger partial charge in [-0.05, 0) is 44.0 Å². The maximum absolute atomic E-state index is 11.7. The smallest absolute Gasteiger partial charge is 0.251 e. The Morgan fingerprint density at radius 3 is 2.70 bits per heavy atom. The van der Waals surface area contributed by atoms with Gasteiger partial charge in [0.05, 0.1) is 18.8 Å². The van der Waals surface area contributed by atoms with E-state index in [2.05, 4.69) is 17.6 Å². The largest absolute Gasteiger partial charge is 0.395 e. The highest BCUT2D eigenvalue weighted by Crippen LogP contribution is 2.19. The standard InChI is InChI=1S/C15H22N2O3/c1-11-2-7-14(20-11)10-17-13-5-3-12(4-6-13)15(19)16-8-9-18/h3-6,11,14,17-18H,2,7-10H2,1H3,(H,16,19). The summed E-state index contributed by atoms with van der Waals surface area (Å²) in [5.41, 5.74) is 1.57. The Balaban J connectivity index is 1.80. The molecule has 0 aliphatic carbocycles. The van der Waals surface area contributed by atoms with Crippen LogP contribution in [0.1, 0.15) is 30.1 Å². The van der Waals surface area contributed by atoms with E-state index in [4.69, 9.17) is 9.84 Å². The highest BCUT2D eigenvalue weighted by molar-refractivity contribution is 5.94. The summed E-state index contributed by atoms with van der Waals surface area (Å²) in [5, 5.41) is 14.6. The average molecular weight is 278 g/mol. The molecular formula is C15H22N2O3. The maximum atomic E-state index is 11.7. The lowest BCUT2D eigenvalue weighted by atomic mass is 10.1. The molecule has 1 aromatic rings. The van der Waals surface area contributed by atoms with Gasteiger partial charge in [-0.25, -0.2) is 0 Å². The topological polar surface area (TPSA) is 70.6 Å². The van der Waals surface area contributed by atoms with Crippen molar-refractivity contribution in [3.8, 4) is 0 Å². The van der Waals surface area contributed by atoms with Gasteiger partial charge in [-0.2, -0.15) is 0 Å². The van der Waals surface area contributed by atoms with Gasteiger partial charge in [0.1, 0.15) is 0 Å².